The number of halogens is 1. The SMILES string of the molecule is C=C(C)CNC(=O)/C=C/c1ccc(Br)s1. The molecule has 0 saturated heterocycles. The van der Waals surface area contributed by atoms with E-state index >= 15 is 0 Å². The molecule has 0 aliphatic carbocycles. The Morgan fingerprint density at radius 3 is 2.93 bits per heavy atom. The lowest BCUT2D eigenvalue weighted by Gasteiger charge is -1.99. The van der Waals surface area contributed by atoms with Crippen molar-refractivity contribution in [3.05, 3.63) is 39.0 Å². The Balaban J connectivity index is 2.44. The van der Waals surface area contributed by atoms with Crippen LogP contribution in [0.5, 0.6) is 0 Å². The lowest BCUT2D eigenvalue weighted by atomic mass is 10.3. The normalized spacial score (nSPS) is 10.5. The van der Waals surface area contributed by atoms with Crippen molar-refractivity contribution in [1.82, 2.24) is 5.32 Å². The van der Waals surface area contributed by atoms with Gasteiger partial charge in [0.05, 0.1) is 3.79 Å². The summed E-state index contributed by atoms with van der Waals surface area (Å²) in [6.45, 7) is 6.11. The standard InChI is InChI=1S/C11H12BrNOS/c1-8(2)7-13-11(14)6-4-9-3-5-10(12)15-9/h3-6H,1,7H2,2H3,(H,13,14)/b6-4+. The first-order valence-electron chi connectivity index (χ1n) is 4.43. The summed E-state index contributed by atoms with van der Waals surface area (Å²) in [4.78, 5) is 12.3. The Morgan fingerprint density at radius 1 is 1.67 bits per heavy atom. The summed E-state index contributed by atoms with van der Waals surface area (Å²) < 4.78 is 1.06. The van der Waals surface area contributed by atoms with Crippen LogP contribution in [0, 0.1) is 0 Å². The average molecular weight is 286 g/mol. The van der Waals surface area contributed by atoms with Crippen LogP contribution < -0.4 is 5.32 Å². The van der Waals surface area contributed by atoms with Gasteiger partial charge in [0, 0.05) is 17.5 Å². The van der Waals surface area contributed by atoms with Gasteiger partial charge < -0.3 is 5.32 Å². The highest BCUT2D eigenvalue weighted by atomic mass is 79.9. The fraction of sp³-hybridized carbons (Fsp3) is 0.182. The Bertz CT molecular complexity index is 395. The third-order valence-electron chi connectivity index (χ3n) is 1.56. The molecule has 1 aromatic rings. The van der Waals surface area contributed by atoms with Crippen LogP contribution in [0.15, 0.2) is 34.1 Å². The van der Waals surface area contributed by atoms with Gasteiger partial charge in [-0.15, -0.1) is 11.3 Å². The van der Waals surface area contributed by atoms with E-state index < -0.39 is 0 Å². The third kappa shape index (κ3) is 4.95. The van der Waals surface area contributed by atoms with Gasteiger partial charge in [0.15, 0.2) is 0 Å². The van der Waals surface area contributed by atoms with Crippen LogP contribution in [0.4, 0.5) is 0 Å². The highest BCUT2D eigenvalue weighted by molar-refractivity contribution is 9.11. The molecule has 1 amide bonds. The fourth-order valence-electron chi connectivity index (χ4n) is 0.873. The van der Waals surface area contributed by atoms with Crippen LogP contribution in [0.2, 0.25) is 0 Å². The number of amides is 1. The van der Waals surface area contributed by atoms with Crippen LogP contribution in [0.25, 0.3) is 6.08 Å². The molecular formula is C11H12BrNOS. The van der Waals surface area contributed by atoms with Crippen LogP contribution in [-0.2, 0) is 4.79 Å². The van der Waals surface area contributed by atoms with E-state index in [2.05, 4.69) is 27.8 Å². The molecule has 0 bridgehead atoms. The van der Waals surface area contributed by atoms with Gasteiger partial charge in [-0.1, -0.05) is 12.2 Å². The maximum atomic E-state index is 11.3. The molecule has 0 spiro atoms. The van der Waals surface area contributed by atoms with Crippen LogP contribution in [-0.4, -0.2) is 12.5 Å². The van der Waals surface area contributed by atoms with E-state index in [1.807, 2.05) is 19.1 Å². The van der Waals surface area contributed by atoms with Crippen molar-refractivity contribution in [2.75, 3.05) is 6.54 Å². The number of rotatable bonds is 4. The first kappa shape index (κ1) is 12.2. The van der Waals surface area contributed by atoms with Crippen molar-refractivity contribution in [1.29, 1.82) is 0 Å². The van der Waals surface area contributed by atoms with Gasteiger partial charge in [0.2, 0.25) is 5.91 Å². The van der Waals surface area contributed by atoms with Crippen molar-refractivity contribution < 1.29 is 4.79 Å². The Morgan fingerprint density at radius 2 is 2.40 bits per heavy atom. The molecule has 0 aliphatic heterocycles. The van der Waals surface area contributed by atoms with E-state index in [4.69, 9.17) is 0 Å². The van der Waals surface area contributed by atoms with Gasteiger partial charge in [-0.3, -0.25) is 4.79 Å². The minimum atomic E-state index is -0.0949. The Labute approximate surface area is 102 Å². The van der Waals surface area contributed by atoms with Crippen LogP contribution >= 0.6 is 27.3 Å². The zero-order chi connectivity index (χ0) is 11.3. The van der Waals surface area contributed by atoms with E-state index in [-0.39, 0.29) is 5.91 Å². The van der Waals surface area contributed by atoms with Gasteiger partial charge in [0.25, 0.3) is 0 Å². The topological polar surface area (TPSA) is 29.1 Å². The van der Waals surface area contributed by atoms with Gasteiger partial charge >= 0.3 is 0 Å². The van der Waals surface area contributed by atoms with E-state index in [1.54, 1.807) is 17.4 Å². The lowest BCUT2D eigenvalue weighted by molar-refractivity contribution is -0.116. The largest absolute Gasteiger partial charge is 0.349 e. The minimum absolute atomic E-state index is 0.0949. The molecule has 15 heavy (non-hydrogen) atoms. The zero-order valence-electron chi connectivity index (χ0n) is 8.42. The summed E-state index contributed by atoms with van der Waals surface area (Å²) in [5, 5.41) is 2.73. The Kier molecular flexibility index (Phi) is 4.78. The second-order valence-corrected chi connectivity index (χ2v) is 5.64. The van der Waals surface area contributed by atoms with Crippen molar-refractivity contribution in [2.45, 2.75) is 6.92 Å². The van der Waals surface area contributed by atoms with Gasteiger partial charge in [0.1, 0.15) is 0 Å². The number of hydrogen-bond acceptors (Lipinski definition) is 2. The molecule has 0 fully saturated rings. The summed E-state index contributed by atoms with van der Waals surface area (Å²) in [6.07, 6.45) is 3.32. The Hall–Kier alpha value is -0.870. The summed E-state index contributed by atoms with van der Waals surface area (Å²) in [6, 6.07) is 3.91. The second-order valence-electron chi connectivity index (χ2n) is 3.15. The third-order valence-corrected chi connectivity index (χ3v) is 3.15. The molecule has 0 unspecified atom stereocenters. The fourth-order valence-corrected chi connectivity index (χ4v) is 2.20. The predicted molar refractivity (Wildman–Crippen MR) is 68.9 cm³/mol. The van der Waals surface area contributed by atoms with Crippen molar-refractivity contribution in [3.8, 4) is 0 Å². The molecule has 4 heteroatoms. The van der Waals surface area contributed by atoms with E-state index in [9.17, 15) is 4.79 Å². The highest BCUT2D eigenvalue weighted by Gasteiger charge is 1.96. The molecule has 2 nitrogen and oxygen atoms in total. The first-order valence-corrected chi connectivity index (χ1v) is 6.04. The van der Waals surface area contributed by atoms with Crippen LogP contribution in [0.3, 0.4) is 0 Å². The molecule has 0 radical (unpaired) electrons. The van der Waals surface area contributed by atoms with Crippen molar-refractivity contribution >= 4 is 39.2 Å². The number of carbonyl (C=O) groups excluding carboxylic acids is 1. The van der Waals surface area contributed by atoms with Crippen molar-refractivity contribution in [2.24, 2.45) is 0 Å². The zero-order valence-corrected chi connectivity index (χ0v) is 10.8. The monoisotopic (exact) mass is 285 g/mol. The number of hydrogen-bond donors (Lipinski definition) is 1. The van der Waals surface area contributed by atoms with Gasteiger partial charge in [-0.05, 0) is 41.1 Å². The molecule has 0 saturated carbocycles. The summed E-state index contributed by atoms with van der Waals surface area (Å²) in [5.74, 6) is -0.0949. The number of carbonyl (C=O) groups is 1. The molecule has 0 aliphatic rings. The molecular weight excluding hydrogens is 274 g/mol. The number of thiophene rings is 1. The molecule has 80 valence electrons. The lowest BCUT2D eigenvalue weighted by Crippen LogP contribution is -2.22. The molecule has 1 heterocycles. The minimum Gasteiger partial charge on any atom is -0.349 e. The van der Waals surface area contributed by atoms with Gasteiger partial charge in [-0.2, -0.15) is 0 Å². The molecule has 1 aromatic heterocycles. The quantitative estimate of drug-likeness (QED) is 0.668. The summed E-state index contributed by atoms with van der Waals surface area (Å²) >= 11 is 4.95. The van der Waals surface area contributed by atoms with E-state index in [0.717, 1.165) is 14.2 Å². The van der Waals surface area contributed by atoms with E-state index in [0.29, 0.717) is 6.54 Å². The predicted octanol–water partition coefficient (Wildman–Crippen LogP) is 3.22. The molecule has 1 N–H and O–H groups in total. The maximum absolute atomic E-state index is 11.3. The first-order chi connectivity index (χ1) is 7.08. The summed E-state index contributed by atoms with van der Waals surface area (Å²) in [5.41, 5.74) is 0.940. The van der Waals surface area contributed by atoms with Gasteiger partial charge in [-0.25, -0.2) is 0 Å². The number of nitrogens with one attached hydrogen (secondary N) is 1. The molecule has 0 aromatic carbocycles. The second kappa shape index (κ2) is 5.88. The molecule has 0 atom stereocenters. The average Bonchev–Trinajstić information content (AvgIpc) is 2.58. The van der Waals surface area contributed by atoms with Crippen molar-refractivity contribution in [3.63, 3.8) is 0 Å². The smallest absolute Gasteiger partial charge is 0.244 e. The van der Waals surface area contributed by atoms with E-state index in [1.165, 1.54) is 6.08 Å². The molecule has 1 rings (SSSR count). The maximum Gasteiger partial charge on any atom is 0.244 e. The highest BCUT2D eigenvalue weighted by Crippen LogP contribution is 2.22. The van der Waals surface area contributed by atoms with Crippen LogP contribution in [0.1, 0.15) is 11.8 Å². The summed E-state index contributed by atoms with van der Waals surface area (Å²) in [7, 11) is 0.